The molecule has 1 heterocycles. The molecule has 0 bridgehead atoms. The summed E-state index contributed by atoms with van der Waals surface area (Å²) < 4.78 is 19.4. The first-order chi connectivity index (χ1) is 21.2. The van der Waals surface area contributed by atoms with Crippen molar-refractivity contribution in [2.45, 2.75) is 90.6 Å². The van der Waals surface area contributed by atoms with Gasteiger partial charge in [-0.3, -0.25) is 9.52 Å². The molecule has 0 radical (unpaired) electrons. The number of nitrogens with zero attached hydrogens (tertiary/aromatic N) is 3. The second-order valence-electron chi connectivity index (χ2n) is 11.4. The fraction of sp³-hybridized carbons (Fsp3) is 0.405. The SMILES string of the molecule is CC.CCCC(NSc1cccc(F)c1)c1cc(N(Cc2nccn2C)C(=O)CC(C)Cc2ccccc2)ccc1C(C)C. The number of carbonyl (C=O) groups is 1. The molecule has 44 heavy (non-hydrogen) atoms. The maximum Gasteiger partial charge on any atom is 0.227 e. The van der Waals surface area contributed by atoms with Crippen molar-refractivity contribution in [2.24, 2.45) is 13.0 Å². The Bertz CT molecular complexity index is 1440. The average molecular weight is 617 g/mol. The number of amides is 1. The third kappa shape index (κ3) is 10.1. The second-order valence-corrected chi connectivity index (χ2v) is 12.3. The number of aryl methyl sites for hydroxylation is 1. The van der Waals surface area contributed by atoms with Gasteiger partial charge in [0.15, 0.2) is 0 Å². The first-order valence-electron chi connectivity index (χ1n) is 15.9. The van der Waals surface area contributed by atoms with E-state index in [1.54, 1.807) is 18.3 Å². The Morgan fingerprint density at radius 2 is 1.75 bits per heavy atom. The largest absolute Gasteiger partial charge is 0.337 e. The summed E-state index contributed by atoms with van der Waals surface area (Å²) in [4.78, 5) is 21.2. The van der Waals surface area contributed by atoms with Crippen LogP contribution in [-0.4, -0.2) is 15.5 Å². The Hall–Kier alpha value is -3.42. The minimum atomic E-state index is -0.247. The van der Waals surface area contributed by atoms with E-state index in [0.717, 1.165) is 35.7 Å². The predicted octanol–water partition coefficient (Wildman–Crippen LogP) is 9.65. The molecule has 0 saturated carbocycles. The van der Waals surface area contributed by atoms with Crippen LogP contribution in [0.1, 0.15) is 95.3 Å². The number of anilines is 1. The summed E-state index contributed by atoms with van der Waals surface area (Å²) >= 11 is 1.45. The number of benzene rings is 3. The highest BCUT2D eigenvalue weighted by molar-refractivity contribution is 7.97. The molecule has 0 fully saturated rings. The molecule has 1 aromatic heterocycles. The van der Waals surface area contributed by atoms with Crippen molar-refractivity contribution >= 4 is 23.5 Å². The van der Waals surface area contributed by atoms with Gasteiger partial charge in [-0.1, -0.05) is 90.4 Å². The first kappa shape index (κ1) is 35.1. The van der Waals surface area contributed by atoms with Gasteiger partial charge in [-0.05, 0) is 83.6 Å². The molecule has 0 aliphatic heterocycles. The van der Waals surface area contributed by atoms with E-state index in [9.17, 15) is 9.18 Å². The van der Waals surface area contributed by atoms with Crippen LogP contribution in [0.5, 0.6) is 0 Å². The van der Waals surface area contributed by atoms with E-state index < -0.39 is 0 Å². The molecule has 5 nitrogen and oxygen atoms in total. The summed E-state index contributed by atoms with van der Waals surface area (Å²) in [5.41, 5.74) is 4.52. The minimum Gasteiger partial charge on any atom is -0.337 e. The smallest absolute Gasteiger partial charge is 0.227 e. The lowest BCUT2D eigenvalue weighted by Crippen LogP contribution is -2.33. The molecule has 4 aromatic rings. The number of rotatable bonds is 14. The van der Waals surface area contributed by atoms with Crippen LogP contribution in [0, 0.1) is 11.7 Å². The summed E-state index contributed by atoms with van der Waals surface area (Å²) in [6.45, 7) is 13.1. The molecule has 4 rings (SSSR count). The van der Waals surface area contributed by atoms with Crippen molar-refractivity contribution in [1.29, 1.82) is 0 Å². The van der Waals surface area contributed by atoms with Gasteiger partial charge in [-0.15, -0.1) is 0 Å². The van der Waals surface area contributed by atoms with Crippen molar-refractivity contribution in [3.05, 3.63) is 114 Å². The number of hydrogen-bond acceptors (Lipinski definition) is 4. The number of aromatic nitrogens is 2. The third-order valence-electron chi connectivity index (χ3n) is 7.54. The molecule has 7 heteroatoms. The molecule has 2 atom stereocenters. The van der Waals surface area contributed by atoms with Gasteiger partial charge in [0, 0.05) is 42.5 Å². The highest BCUT2D eigenvalue weighted by atomic mass is 32.2. The summed E-state index contributed by atoms with van der Waals surface area (Å²) in [6, 6.07) is 23.4. The maximum atomic E-state index is 14.0. The van der Waals surface area contributed by atoms with Crippen LogP contribution in [0.3, 0.4) is 0 Å². The van der Waals surface area contributed by atoms with Crippen molar-refractivity contribution in [1.82, 2.24) is 14.3 Å². The molecule has 1 N–H and O–H groups in total. The van der Waals surface area contributed by atoms with Crippen molar-refractivity contribution in [3.8, 4) is 0 Å². The molecule has 0 saturated heterocycles. The number of imidazole rings is 1. The van der Waals surface area contributed by atoms with Crippen LogP contribution in [0.25, 0.3) is 0 Å². The lowest BCUT2D eigenvalue weighted by atomic mass is 9.90. The van der Waals surface area contributed by atoms with Crippen LogP contribution in [-0.2, 0) is 24.8 Å². The quantitative estimate of drug-likeness (QED) is 0.143. The summed E-state index contributed by atoms with van der Waals surface area (Å²) in [6.07, 6.45) is 6.86. The van der Waals surface area contributed by atoms with E-state index in [1.807, 2.05) is 60.8 Å². The molecule has 1 amide bonds. The number of halogens is 1. The van der Waals surface area contributed by atoms with Gasteiger partial charge < -0.3 is 9.47 Å². The Labute approximate surface area is 268 Å². The van der Waals surface area contributed by atoms with Gasteiger partial charge in [0.2, 0.25) is 5.91 Å². The van der Waals surface area contributed by atoms with Crippen molar-refractivity contribution < 1.29 is 9.18 Å². The Morgan fingerprint density at radius 1 is 1.00 bits per heavy atom. The fourth-order valence-corrected chi connectivity index (χ4v) is 6.15. The van der Waals surface area contributed by atoms with E-state index in [0.29, 0.717) is 18.9 Å². The van der Waals surface area contributed by atoms with Gasteiger partial charge in [0.1, 0.15) is 11.6 Å². The molecule has 0 aliphatic carbocycles. The van der Waals surface area contributed by atoms with Gasteiger partial charge in [-0.25, -0.2) is 9.37 Å². The molecule has 3 aromatic carbocycles. The Balaban J connectivity index is 0.00000259. The number of hydrogen-bond donors (Lipinski definition) is 1. The van der Waals surface area contributed by atoms with Crippen LogP contribution in [0.2, 0.25) is 0 Å². The number of carbonyl (C=O) groups excluding carboxylic acids is 1. The summed E-state index contributed by atoms with van der Waals surface area (Å²) in [5, 5.41) is 0. The zero-order chi connectivity index (χ0) is 32.1. The standard InChI is InChI=1S/C35H43FN4OS.C2H6/c1-6-11-33(38-42-30-15-10-14-28(36)22-30)32-23-29(16-17-31(32)25(2)3)40(24-34-37-18-19-39(34)5)35(41)21-26(4)20-27-12-8-7-9-13-27;1-2/h7-10,12-19,22-23,25-26,33,38H,6,11,20-21,24H2,1-5H3;1-2H3. The van der Waals surface area contributed by atoms with Gasteiger partial charge in [0.25, 0.3) is 0 Å². The normalized spacial score (nSPS) is 12.4. The highest BCUT2D eigenvalue weighted by Crippen LogP contribution is 2.34. The topological polar surface area (TPSA) is 50.2 Å². The molecule has 0 spiro atoms. The zero-order valence-corrected chi connectivity index (χ0v) is 28.2. The van der Waals surface area contributed by atoms with Crippen LogP contribution >= 0.6 is 11.9 Å². The van der Waals surface area contributed by atoms with Gasteiger partial charge in [-0.2, -0.15) is 0 Å². The van der Waals surface area contributed by atoms with E-state index >= 15 is 0 Å². The van der Waals surface area contributed by atoms with E-state index in [-0.39, 0.29) is 23.7 Å². The second kappa shape index (κ2) is 17.8. The Morgan fingerprint density at radius 3 is 2.39 bits per heavy atom. The lowest BCUT2D eigenvalue weighted by molar-refractivity contribution is -0.119. The molecule has 236 valence electrons. The monoisotopic (exact) mass is 616 g/mol. The molecule has 0 aliphatic rings. The van der Waals surface area contributed by atoms with Crippen LogP contribution in [0.4, 0.5) is 10.1 Å². The third-order valence-corrected chi connectivity index (χ3v) is 8.44. The average Bonchev–Trinajstić information content (AvgIpc) is 3.43. The zero-order valence-electron chi connectivity index (χ0n) is 27.4. The van der Waals surface area contributed by atoms with E-state index in [2.05, 4.69) is 67.7 Å². The summed E-state index contributed by atoms with van der Waals surface area (Å²) in [7, 11) is 1.96. The van der Waals surface area contributed by atoms with E-state index in [1.165, 1.54) is 34.7 Å². The first-order valence-corrected chi connectivity index (χ1v) is 16.7. The van der Waals surface area contributed by atoms with Gasteiger partial charge in [0.05, 0.1) is 6.54 Å². The fourth-order valence-electron chi connectivity index (χ4n) is 5.30. The molecular weight excluding hydrogens is 567 g/mol. The minimum absolute atomic E-state index is 0.0303. The van der Waals surface area contributed by atoms with Crippen LogP contribution in [0.15, 0.2) is 90.1 Å². The molecular formula is C37H49FN4OS. The van der Waals surface area contributed by atoms with Crippen LogP contribution < -0.4 is 9.62 Å². The van der Waals surface area contributed by atoms with Gasteiger partial charge >= 0.3 is 0 Å². The Kier molecular flexibility index (Phi) is 14.2. The summed E-state index contributed by atoms with van der Waals surface area (Å²) in [5.74, 6) is 1.16. The highest BCUT2D eigenvalue weighted by Gasteiger charge is 2.24. The van der Waals surface area contributed by atoms with E-state index in [4.69, 9.17) is 0 Å². The maximum absolute atomic E-state index is 14.0. The molecule has 2 unspecified atom stereocenters. The predicted molar refractivity (Wildman–Crippen MR) is 183 cm³/mol. The lowest BCUT2D eigenvalue weighted by Gasteiger charge is -2.28. The van der Waals surface area contributed by atoms with Crippen molar-refractivity contribution in [3.63, 3.8) is 0 Å². The number of nitrogens with one attached hydrogen (secondary N) is 1. The van der Waals surface area contributed by atoms with Crippen molar-refractivity contribution in [2.75, 3.05) is 4.90 Å².